The summed E-state index contributed by atoms with van der Waals surface area (Å²) in [7, 11) is 0. The molecule has 0 amide bonds. The monoisotopic (exact) mass is 442 g/mol. The molecule has 0 saturated heterocycles. The lowest BCUT2D eigenvalue weighted by Gasteiger charge is -2.22. The summed E-state index contributed by atoms with van der Waals surface area (Å²) in [6.45, 7) is 8.07. The minimum atomic E-state index is -0.316. The molecule has 0 N–H and O–H groups in total. The molecule has 0 radical (unpaired) electrons. The number of rotatable bonds is 7. The first-order valence-corrected chi connectivity index (χ1v) is 11.2. The quantitative estimate of drug-likeness (QED) is 0.383. The molecule has 0 spiro atoms. The Bertz CT molecular complexity index is 993. The zero-order chi connectivity index (χ0) is 21.7. The van der Waals surface area contributed by atoms with Crippen molar-refractivity contribution in [3.05, 3.63) is 70.9 Å². The fourth-order valence-corrected chi connectivity index (χ4v) is 4.05. The topological polar surface area (TPSA) is 44.1 Å². The Hall–Kier alpha value is -2.24. The van der Waals surface area contributed by atoms with Crippen LogP contribution in [0.15, 0.2) is 64.4 Å². The molecule has 6 heteroatoms. The molecule has 0 unspecified atom stereocenters. The van der Waals surface area contributed by atoms with Gasteiger partial charge in [0, 0.05) is 16.3 Å². The minimum absolute atomic E-state index is 0.241. The summed E-state index contributed by atoms with van der Waals surface area (Å²) in [4.78, 5) is 14.5. The standard InChI is InChI=1S/C24H27ClN2O2S/c1-17-22(30-20-15-13-19(25)14-16-20)23(27(26-17)24(2,3)4)29-21(28)12-8-11-18-9-6-5-7-10-18/h5-7,9-10,13-16H,8,11-12H2,1-4H3. The second kappa shape index (κ2) is 9.71. The lowest BCUT2D eigenvalue weighted by Crippen LogP contribution is -2.25. The van der Waals surface area contributed by atoms with Gasteiger partial charge in [-0.1, -0.05) is 53.7 Å². The maximum atomic E-state index is 12.7. The van der Waals surface area contributed by atoms with Crippen molar-refractivity contribution in [2.75, 3.05) is 0 Å². The first-order valence-electron chi connectivity index (χ1n) is 10.0. The average molecular weight is 443 g/mol. The Balaban J connectivity index is 1.77. The highest BCUT2D eigenvalue weighted by Gasteiger charge is 2.27. The predicted octanol–water partition coefficient (Wildman–Crippen LogP) is 6.68. The highest BCUT2D eigenvalue weighted by molar-refractivity contribution is 7.99. The van der Waals surface area contributed by atoms with E-state index in [0.29, 0.717) is 17.3 Å². The number of aromatic nitrogens is 2. The van der Waals surface area contributed by atoms with E-state index >= 15 is 0 Å². The SMILES string of the molecule is Cc1nn(C(C)(C)C)c(OC(=O)CCCc2ccccc2)c1Sc1ccc(Cl)cc1. The van der Waals surface area contributed by atoms with Gasteiger partial charge in [-0.3, -0.25) is 4.79 Å². The van der Waals surface area contributed by atoms with Crippen LogP contribution in [0.1, 0.15) is 44.9 Å². The normalized spacial score (nSPS) is 11.5. The van der Waals surface area contributed by atoms with Crippen molar-refractivity contribution in [1.29, 1.82) is 0 Å². The minimum Gasteiger partial charge on any atom is -0.406 e. The molecular weight excluding hydrogens is 416 g/mol. The number of carbonyl (C=O) groups is 1. The van der Waals surface area contributed by atoms with E-state index in [1.807, 2.05) is 70.2 Å². The third-order valence-electron chi connectivity index (χ3n) is 4.53. The van der Waals surface area contributed by atoms with E-state index in [0.717, 1.165) is 28.3 Å². The third-order valence-corrected chi connectivity index (χ3v) is 5.97. The molecule has 0 bridgehead atoms. The van der Waals surface area contributed by atoms with Gasteiger partial charge in [0.2, 0.25) is 5.88 Å². The zero-order valence-electron chi connectivity index (χ0n) is 17.8. The van der Waals surface area contributed by atoms with Crippen molar-refractivity contribution in [1.82, 2.24) is 9.78 Å². The molecule has 0 aliphatic carbocycles. The van der Waals surface area contributed by atoms with Crippen LogP contribution >= 0.6 is 23.4 Å². The molecule has 3 aromatic rings. The molecular formula is C24H27ClN2O2S. The summed E-state index contributed by atoms with van der Waals surface area (Å²) >= 11 is 7.54. The summed E-state index contributed by atoms with van der Waals surface area (Å²) < 4.78 is 7.67. The fraction of sp³-hybridized carbons (Fsp3) is 0.333. The van der Waals surface area contributed by atoms with Gasteiger partial charge >= 0.3 is 5.97 Å². The second-order valence-electron chi connectivity index (χ2n) is 8.17. The Morgan fingerprint density at radius 2 is 1.77 bits per heavy atom. The highest BCUT2D eigenvalue weighted by Crippen LogP contribution is 2.40. The van der Waals surface area contributed by atoms with Gasteiger partial charge in [0.25, 0.3) is 0 Å². The first-order chi connectivity index (χ1) is 14.2. The van der Waals surface area contributed by atoms with Crippen molar-refractivity contribution >= 4 is 29.3 Å². The molecule has 3 rings (SSSR count). The number of hydrogen-bond acceptors (Lipinski definition) is 4. The Morgan fingerprint density at radius 3 is 2.40 bits per heavy atom. The lowest BCUT2D eigenvalue weighted by molar-refractivity contribution is -0.135. The molecule has 158 valence electrons. The molecule has 1 aromatic heterocycles. The number of aryl methyl sites for hydroxylation is 2. The molecule has 2 aromatic carbocycles. The smallest absolute Gasteiger partial charge is 0.312 e. The van der Waals surface area contributed by atoms with E-state index in [4.69, 9.17) is 16.3 Å². The van der Waals surface area contributed by atoms with Gasteiger partial charge in [0.05, 0.1) is 16.1 Å². The molecule has 30 heavy (non-hydrogen) atoms. The van der Waals surface area contributed by atoms with Crippen molar-refractivity contribution < 1.29 is 9.53 Å². The Labute approximate surface area is 187 Å². The fourth-order valence-electron chi connectivity index (χ4n) is 3.01. The van der Waals surface area contributed by atoms with Crippen LogP contribution in [0.5, 0.6) is 5.88 Å². The Kier molecular flexibility index (Phi) is 7.27. The Morgan fingerprint density at radius 1 is 1.10 bits per heavy atom. The first kappa shape index (κ1) is 22.4. The maximum absolute atomic E-state index is 12.7. The molecule has 4 nitrogen and oxygen atoms in total. The number of carbonyl (C=O) groups excluding carboxylic acids is 1. The number of ether oxygens (including phenoxy) is 1. The number of esters is 1. The van der Waals surface area contributed by atoms with E-state index < -0.39 is 0 Å². The van der Waals surface area contributed by atoms with Gasteiger partial charge in [0.1, 0.15) is 0 Å². The molecule has 0 aliphatic heterocycles. The summed E-state index contributed by atoms with van der Waals surface area (Å²) in [6, 6.07) is 17.8. The van der Waals surface area contributed by atoms with Crippen molar-refractivity contribution in [2.45, 2.75) is 62.3 Å². The van der Waals surface area contributed by atoms with Crippen LogP contribution in [-0.4, -0.2) is 15.7 Å². The number of nitrogens with zero attached hydrogens (tertiary/aromatic N) is 2. The van der Waals surface area contributed by atoms with Gasteiger partial charge in [-0.15, -0.1) is 0 Å². The molecule has 0 fully saturated rings. The van der Waals surface area contributed by atoms with Crippen LogP contribution in [0.25, 0.3) is 0 Å². The van der Waals surface area contributed by atoms with E-state index in [-0.39, 0.29) is 11.5 Å². The van der Waals surface area contributed by atoms with E-state index in [1.54, 1.807) is 4.68 Å². The van der Waals surface area contributed by atoms with Crippen LogP contribution in [-0.2, 0) is 16.8 Å². The molecule has 0 saturated carbocycles. The van der Waals surface area contributed by atoms with Gasteiger partial charge in [-0.05, 0) is 70.4 Å². The van der Waals surface area contributed by atoms with Crippen LogP contribution in [0.2, 0.25) is 5.02 Å². The predicted molar refractivity (Wildman–Crippen MR) is 123 cm³/mol. The largest absolute Gasteiger partial charge is 0.406 e. The highest BCUT2D eigenvalue weighted by atomic mass is 35.5. The van der Waals surface area contributed by atoms with Crippen LogP contribution in [0, 0.1) is 6.92 Å². The summed E-state index contributed by atoms with van der Waals surface area (Å²) in [5.74, 6) is 0.263. The van der Waals surface area contributed by atoms with E-state index in [1.165, 1.54) is 17.3 Å². The van der Waals surface area contributed by atoms with Crippen molar-refractivity contribution in [3.8, 4) is 5.88 Å². The second-order valence-corrected chi connectivity index (χ2v) is 9.69. The van der Waals surface area contributed by atoms with Crippen LogP contribution in [0.3, 0.4) is 0 Å². The third kappa shape index (κ3) is 5.89. The molecule has 1 heterocycles. The number of benzene rings is 2. The molecule has 0 atom stereocenters. The lowest BCUT2D eigenvalue weighted by atomic mass is 10.1. The van der Waals surface area contributed by atoms with E-state index in [9.17, 15) is 4.79 Å². The number of hydrogen-bond donors (Lipinski definition) is 0. The maximum Gasteiger partial charge on any atom is 0.312 e. The zero-order valence-corrected chi connectivity index (χ0v) is 19.4. The van der Waals surface area contributed by atoms with Crippen LogP contribution in [0.4, 0.5) is 0 Å². The summed E-state index contributed by atoms with van der Waals surface area (Å²) in [5.41, 5.74) is 1.74. The van der Waals surface area contributed by atoms with Gasteiger partial charge in [0.15, 0.2) is 0 Å². The van der Waals surface area contributed by atoms with Crippen molar-refractivity contribution in [2.24, 2.45) is 0 Å². The van der Waals surface area contributed by atoms with Crippen molar-refractivity contribution in [3.63, 3.8) is 0 Å². The summed E-state index contributed by atoms with van der Waals surface area (Å²) in [6.07, 6.45) is 1.94. The van der Waals surface area contributed by atoms with E-state index in [2.05, 4.69) is 17.2 Å². The van der Waals surface area contributed by atoms with Gasteiger partial charge in [-0.2, -0.15) is 5.10 Å². The average Bonchev–Trinajstić information content (AvgIpc) is 3.00. The number of halogens is 1. The summed E-state index contributed by atoms with van der Waals surface area (Å²) in [5, 5.41) is 5.36. The van der Waals surface area contributed by atoms with Crippen LogP contribution < -0.4 is 4.74 Å². The van der Waals surface area contributed by atoms with Gasteiger partial charge in [-0.25, -0.2) is 4.68 Å². The van der Waals surface area contributed by atoms with Gasteiger partial charge < -0.3 is 4.74 Å². The molecule has 0 aliphatic rings.